The van der Waals surface area contributed by atoms with Crippen LogP contribution in [0.4, 0.5) is 5.69 Å². The van der Waals surface area contributed by atoms with Crippen LogP contribution in [-0.2, 0) is 5.41 Å². The van der Waals surface area contributed by atoms with E-state index < -0.39 is 0 Å². The number of fused-ring (bicyclic) bond motifs is 1. The number of rotatable bonds is 2. The van der Waals surface area contributed by atoms with Gasteiger partial charge in [-0.1, -0.05) is 73.2 Å². The van der Waals surface area contributed by atoms with Crippen molar-refractivity contribution < 1.29 is 4.79 Å². The summed E-state index contributed by atoms with van der Waals surface area (Å²) in [6.07, 6.45) is 0.860. The second kappa shape index (κ2) is 6.63. The minimum atomic E-state index is -0.319. The fourth-order valence-corrected chi connectivity index (χ4v) is 4.77. The first-order chi connectivity index (χ1) is 13.3. The fourth-order valence-electron chi connectivity index (χ4n) is 4.77. The molecular weight excluding hydrogens is 342 g/mol. The van der Waals surface area contributed by atoms with Crippen LogP contribution in [0.2, 0.25) is 0 Å². The Bertz CT molecular complexity index is 1000. The zero-order valence-electron chi connectivity index (χ0n) is 17.1. The third-order valence-electron chi connectivity index (χ3n) is 6.04. The molecule has 0 N–H and O–H groups in total. The van der Waals surface area contributed by atoms with Gasteiger partial charge in [0, 0.05) is 22.2 Å². The van der Waals surface area contributed by atoms with Gasteiger partial charge in [-0.25, -0.2) is 0 Å². The third-order valence-corrected chi connectivity index (χ3v) is 6.04. The lowest BCUT2D eigenvalue weighted by molar-refractivity contribution is 0.0948. The van der Waals surface area contributed by atoms with Crippen molar-refractivity contribution in [3.63, 3.8) is 0 Å². The molecule has 3 aromatic carbocycles. The maximum Gasteiger partial charge on any atom is 0.258 e. The lowest BCUT2D eigenvalue weighted by Crippen LogP contribution is -2.55. The predicted molar refractivity (Wildman–Crippen MR) is 116 cm³/mol. The molecule has 0 bridgehead atoms. The number of aryl methyl sites for hydroxylation is 1. The van der Waals surface area contributed by atoms with Crippen molar-refractivity contribution in [2.45, 2.75) is 45.1 Å². The normalized spacial score (nSPS) is 20.5. The molecular formula is C26H27NO. The van der Waals surface area contributed by atoms with Gasteiger partial charge in [-0.3, -0.25) is 4.79 Å². The van der Waals surface area contributed by atoms with Crippen molar-refractivity contribution in [3.8, 4) is 0 Å². The predicted octanol–water partition coefficient (Wildman–Crippen LogP) is 6.13. The van der Waals surface area contributed by atoms with Crippen LogP contribution in [0.25, 0.3) is 0 Å². The number of anilines is 1. The van der Waals surface area contributed by atoms with Gasteiger partial charge in [0.15, 0.2) is 0 Å². The summed E-state index contributed by atoms with van der Waals surface area (Å²) in [6.45, 7) is 8.70. The molecule has 0 saturated heterocycles. The zero-order chi connectivity index (χ0) is 19.9. The summed E-state index contributed by atoms with van der Waals surface area (Å²) in [6, 6.07) is 26.9. The van der Waals surface area contributed by atoms with E-state index in [1.54, 1.807) is 0 Å². The van der Waals surface area contributed by atoms with Gasteiger partial charge in [0.1, 0.15) is 0 Å². The van der Waals surface area contributed by atoms with Gasteiger partial charge >= 0.3 is 0 Å². The Hall–Kier alpha value is -2.87. The quantitative estimate of drug-likeness (QED) is 0.532. The monoisotopic (exact) mass is 369 g/mol. The van der Waals surface area contributed by atoms with Gasteiger partial charge in [0.2, 0.25) is 0 Å². The van der Waals surface area contributed by atoms with Crippen LogP contribution in [0.1, 0.15) is 54.2 Å². The van der Waals surface area contributed by atoms with E-state index in [1.165, 1.54) is 11.1 Å². The Morgan fingerprint density at radius 3 is 2.11 bits per heavy atom. The first-order valence-corrected chi connectivity index (χ1v) is 9.89. The van der Waals surface area contributed by atoms with Crippen LogP contribution < -0.4 is 4.90 Å². The van der Waals surface area contributed by atoms with Crippen LogP contribution >= 0.6 is 0 Å². The van der Waals surface area contributed by atoms with Gasteiger partial charge < -0.3 is 4.90 Å². The summed E-state index contributed by atoms with van der Waals surface area (Å²) < 4.78 is 0. The molecule has 0 radical (unpaired) electrons. The molecule has 0 aliphatic carbocycles. The Balaban J connectivity index is 1.88. The van der Waals surface area contributed by atoms with Crippen LogP contribution in [0, 0.1) is 6.92 Å². The Kier molecular flexibility index (Phi) is 4.38. The summed E-state index contributed by atoms with van der Waals surface area (Å²) in [4.78, 5) is 15.6. The van der Waals surface area contributed by atoms with Crippen LogP contribution in [-0.4, -0.2) is 11.4 Å². The Labute approximate surface area is 167 Å². The van der Waals surface area contributed by atoms with Gasteiger partial charge in [-0.15, -0.1) is 0 Å². The highest BCUT2D eigenvalue weighted by Gasteiger charge is 2.47. The van der Waals surface area contributed by atoms with Gasteiger partial charge in [-0.05, 0) is 56.5 Å². The smallest absolute Gasteiger partial charge is 0.258 e. The van der Waals surface area contributed by atoms with Crippen LogP contribution in [0.3, 0.4) is 0 Å². The minimum Gasteiger partial charge on any atom is -0.302 e. The van der Waals surface area contributed by atoms with Gasteiger partial charge in [-0.2, -0.15) is 0 Å². The molecule has 1 aliphatic rings. The number of hydrogen-bond donors (Lipinski definition) is 0. The fraction of sp³-hybridized carbons (Fsp3) is 0.269. The van der Waals surface area contributed by atoms with E-state index in [-0.39, 0.29) is 16.9 Å². The minimum absolute atomic E-state index is 0.0626. The van der Waals surface area contributed by atoms with Gasteiger partial charge in [0.25, 0.3) is 5.91 Å². The number of benzene rings is 3. The molecule has 1 aliphatic heterocycles. The molecule has 0 unspecified atom stereocenters. The molecule has 2 nitrogen and oxygen atoms in total. The van der Waals surface area contributed by atoms with Crippen molar-refractivity contribution in [2.24, 2.45) is 0 Å². The second-order valence-electron chi connectivity index (χ2n) is 8.71. The first-order valence-electron chi connectivity index (χ1n) is 9.89. The average Bonchev–Trinajstić information content (AvgIpc) is 2.68. The number of carbonyl (C=O) groups is 1. The van der Waals surface area contributed by atoms with E-state index in [9.17, 15) is 4.79 Å². The highest BCUT2D eigenvalue weighted by atomic mass is 16.2. The van der Waals surface area contributed by atoms with E-state index in [0.717, 1.165) is 23.2 Å². The summed E-state index contributed by atoms with van der Waals surface area (Å²) >= 11 is 0. The molecule has 4 rings (SSSR count). The van der Waals surface area contributed by atoms with Crippen molar-refractivity contribution >= 4 is 11.6 Å². The standard InChI is InChI=1S/C26H27NO/c1-19-14-16-20(17-15-19)24(28)27-23-13-9-8-12-22(23)26(4,18-25(27,2)3)21-10-6-5-7-11-21/h5-17H,18H2,1-4H3/t26-/m0/s1. The van der Waals surface area contributed by atoms with Crippen LogP contribution in [0.5, 0.6) is 0 Å². The highest BCUT2D eigenvalue weighted by molar-refractivity contribution is 6.08. The maximum atomic E-state index is 13.6. The SMILES string of the molecule is Cc1ccc(C(=O)N2c3ccccc3[C@](C)(c3ccccc3)CC2(C)C)cc1. The Morgan fingerprint density at radius 1 is 0.821 bits per heavy atom. The molecule has 2 heteroatoms. The number of para-hydroxylation sites is 1. The molecule has 0 saturated carbocycles. The van der Waals surface area contributed by atoms with E-state index in [4.69, 9.17) is 0 Å². The van der Waals surface area contributed by atoms with Crippen molar-refractivity contribution in [2.75, 3.05) is 4.90 Å². The molecule has 142 valence electrons. The summed E-state index contributed by atoms with van der Waals surface area (Å²) in [7, 11) is 0. The number of carbonyl (C=O) groups excluding carboxylic acids is 1. The molecule has 0 fully saturated rings. The maximum absolute atomic E-state index is 13.6. The molecule has 1 atom stereocenters. The van der Waals surface area contributed by atoms with E-state index in [0.29, 0.717) is 0 Å². The third kappa shape index (κ3) is 2.93. The van der Waals surface area contributed by atoms with E-state index >= 15 is 0 Å². The van der Waals surface area contributed by atoms with Crippen LogP contribution in [0.15, 0.2) is 78.9 Å². The summed E-state index contributed by atoms with van der Waals surface area (Å²) in [5.74, 6) is 0.0626. The van der Waals surface area contributed by atoms with Crippen molar-refractivity contribution in [1.29, 1.82) is 0 Å². The number of amides is 1. The molecule has 1 heterocycles. The zero-order valence-corrected chi connectivity index (χ0v) is 17.1. The van der Waals surface area contributed by atoms with Gasteiger partial charge in [0.05, 0.1) is 0 Å². The lowest BCUT2D eigenvalue weighted by Gasteiger charge is -2.51. The van der Waals surface area contributed by atoms with Crippen molar-refractivity contribution in [1.82, 2.24) is 0 Å². The molecule has 0 aromatic heterocycles. The topological polar surface area (TPSA) is 20.3 Å². The van der Waals surface area contributed by atoms with E-state index in [2.05, 4.69) is 69.3 Å². The first kappa shape index (κ1) is 18.5. The average molecular weight is 370 g/mol. The number of nitrogens with zero attached hydrogens (tertiary/aromatic N) is 1. The highest BCUT2D eigenvalue weighted by Crippen LogP contribution is 2.50. The number of hydrogen-bond acceptors (Lipinski definition) is 1. The molecule has 1 amide bonds. The molecule has 3 aromatic rings. The lowest BCUT2D eigenvalue weighted by atomic mass is 9.65. The summed E-state index contributed by atoms with van der Waals surface area (Å²) in [5.41, 5.74) is 4.93. The molecule has 0 spiro atoms. The summed E-state index contributed by atoms with van der Waals surface area (Å²) in [5, 5.41) is 0. The Morgan fingerprint density at radius 2 is 1.43 bits per heavy atom. The second-order valence-corrected chi connectivity index (χ2v) is 8.71. The van der Waals surface area contributed by atoms with E-state index in [1.807, 2.05) is 42.2 Å². The largest absolute Gasteiger partial charge is 0.302 e. The van der Waals surface area contributed by atoms with Crippen molar-refractivity contribution in [3.05, 3.63) is 101 Å². The molecule has 28 heavy (non-hydrogen) atoms.